The predicted octanol–water partition coefficient (Wildman–Crippen LogP) is 2.59. The summed E-state index contributed by atoms with van der Waals surface area (Å²) >= 11 is 0. The van der Waals surface area contributed by atoms with Crippen LogP contribution >= 0.6 is 0 Å². The van der Waals surface area contributed by atoms with Gasteiger partial charge in [-0.25, -0.2) is 4.98 Å². The number of rotatable bonds is 6. The van der Waals surface area contributed by atoms with E-state index in [1.165, 1.54) is 0 Å². The number of aromatic nitrogens is 3. The van der Waals surface area contributed by atoms with Crippen molar-refractivity contribution < 1.29 is 4.79 Å². The van der Waals surface area contributed by atoms with E-state index in [4.69, 9.17) is 0 Å². The van der Waals surface area contributed by atoms with Gasteiger partial charge in [-0.2, -0.15) is 0 Å². The Bertz CT molecular complexity index is 823. The van der Waals surface area contributed by atoms with Crippen LogP contribution in [-0.4, -0.2) is 27.0 Å². The van der Waals surface area contributed by atoms with Crippen molar-refractivity contribution in [3.05, 3.63) is 72.8 Å². The van der Waals surface area contributed by atoms with E-state index in [0.29, 0.717) is 25.2 Å². The number of amides is 1. The molecule has 0 saturated carbocycles. The second kappa shape index (κ2) is 6.87. The molecule has 3 aromatic rings. The number of carbonyl (C=O) groups excluding carboxylic acids is 1. The van der Waals surface area contributed by atoms with Gasteiger partial charge >= 0.3 is 0 Å². The molecule has 0 aliphatic carbocycles. The minimum Gasteiger partial charge on any atom is -0.350 e. The van der Waals surface area contributed by atoms with Crippen LogP contribution in [0.1, 0.15) is 16.3 Å². The maximum absolute atomic E-state index is 12.0. The first kappa shape index (κ1) is 15.0. The molecule has 0 bridgehead atoms. The molecular weight excluding hydrogens is 288 g/mol. The van der Waals surface area contributed by atoms with E-state index in [-0.39, 0.29) is 5.91 Å². The highest BCUT2D eigenvalue weighted by molar-refractivity contribution is 5.92. The summed E-state index contributed by atoms with van der Waals surface area (Å²) < 4.78 is 2.12. The van der Waals surface area contributed by atoms with Crippen molar-refractivity contribution in [3.63, 3.8) is 0 Å². The van der Waals surface area contributed by atoms with Gasteiger partial charge in [-0.1, -0.05) is 24.3 Å². The number of para-hydroxylation sites is 2. The molecule has 2 aromatic heterocycles. The molecule has 0 saturated heterocycles. The van der Waals surface area contributed by atoms with E-state index < -0.39 is 0 Å². The van der Waals surface area contributed by atoms with Crippen molar-refractivity contribution in [2.24, 2.45) is 0 Å². The molecule has 0 unspecified atom stereocenters. The van der Waals surface area contributed by atoms with Gasteiger partial charge in [-0.15, -0.1) is 6.58 Å². The molecule has 5 nitrogen and oxygen atoms in total. The molecule has 3 rings (SSSR count). The van der Waals surface area contributed by atoms with Crippen molar-refractivity contribution in [2.75, 3.05) is 6.54 Å². The minimum absolute atomic E-state index is 0.169. The van der Waals surface area contributed by atoms with E-state index >= 15 is 0 Å². The Kier molecular flexibility index (Phi) is 4.47. The van der Waals surface area contributed by atoms with Crippen LogP contribution in [0.5, 0.6) is 0 Å². The zero-order chi connectivity index (χ0) is 16.1. The number of carbonyl (C=O) groups is 1. The third-order valence-electron chi connectivity index (χ3n) is 3.58. The Morgan fingerprint density at radius 3 is 2.83 bits per heavy atom. The largest absolute Gasteiger partial charge is 0.350 e. The summed E-state index contributed by atoms with van der Waals surface area (Å²) in [4.78, 5) is 20.7. The average Bonchev–Trinajstić information content (AvgIpc) is 2.94. The molecule has 0 atom stereocenters. The van der Waals surface area contributed by atoms with Crippen LogP contribution in [0.2, 0.25) is 0 Å². The van der Waals surface area contributed by atoms with Gasteiger partial charge in [0.05, 0.1) is 11.0 Å². The highest BCUT2D eigenvalue weighted by Crippen LogP contribution is 2.16. The monoisotopic (exact) mass is 306 g/mol. The molecule has 2 heterocycles. The first-order valence-electron chi connectivity index (χ1n) is 7.54. The third-order valence-corrected chi connectivity index (χ3v) is 3.58. The fourth-order valence-corrected chi connectivity index (χ4v) is 2.52. The van der Waals surface area contributed by atoms with Crippen LogP contribution < -0.4 is 5.32 Å². The van der Waals surface area contributed by atoms with Crippen LogP contribution in [0, 0.1) is 0 Å². The van der Waals surface area contributed by atoms with E-state index in [2.05, 4.69) is 26.4 Å². The van der Waals surface area contributed by atoms with Gasteiger partial charge in [0.25, 0.3) is 5.91 Å². The quantitative estimate of drug-likeness (QED) is 0.712. The Morgan fingerprint density at radius 1 is 1.22 bits per heavy atom. The number of imidazole rings is 1. The van der Waals surface area contributed by atoms with Crippen molar-refractivity contribution >= 4 is 16.9 Å². The highest BCUT2D eigenvalue weighted by atomic mass is 16.1. The molecule has 0 fully saturated rings. The molecule has 1 N–H and O–H groups in total. The van der Waals surface area contributed by atoms with E-state index in [0.717, 1.165) is 16.9 Å². The van der Waals surface area contributed by atoms with Crippen molar-refractivity contribution in [3.8, 4) is 0 Å². The molecular formula is C18H18N4O. The topological polar surface area (TPSA) is 59.8 Å². The number of nitrogens with zero attached hydrogens (tertiary/aromatic N) is 3. The van der Waals surface area contributed by atoms with Crippen molar-refractivity contribution in [1.29, 1.82) is 0 Å². The van der Waals surface area contributed by atoms with Crippen LogP contribution in [-0.2, 0) is 13.0 Å². The molecule has 5 heteroatoms. The van der Waals surface area contributed by atoms with E-state index in [1.54, 1.807) is 24.4 Å². The summed E-state index contributed by atoms with van der Waals surface area (Å²) in [7, 11) is 0. The summed E-state index contributed by atoms with van der Waals surface area (Å²) in [5.41, 5.74) is 2.46. The number of pyridine rings is 1. The smallest absolute Gasteiger partial charge is 0.269 e. The first-order chi connectivity index (χ1) is 11.3. The second-order valence-corrected chi connectivity index (χ2v) is 5.14. The normalized spacial score (nSPS) is 10.6. The van der Waals surface area contributed by atoms with Gasteiger partial charge in [0.15, 0.2) is 0 Å². The summed E-state index contributed by atoms with van der Waals surface area (Å²) in [5, 5.41) is 2.88. The number of hydrogen-bond donors (Lipinski definition) is 1. The number of allylic oxidation sites excluding steroid dienone is 1. The van der Waals surface area contributed by atoms with E-state index in [1.807, 2.05) is 30.3 Å². The van der Waals surface area contributed by atoms with Gasteiger partial charge in [0.2, 0.25) is 0 Å². The molecule has 0 aliphatic rings. The van der Waals surface area contributed by atoms with Crippen LogP contribution in [0.3, 0.4) is 0 Å². The van der Waals surface area contributed by atoms with Crippen molar-refractivity contribution in [1.82, 2.24) is 19.9 Å². The van der Waals surface area contributed by atoms with Gasteiger partial charge in [0, 0.05) is 25.7 Å². The zero-order valence-corrected chi connectivity index (χ0v) is 12.8. The standard InChI is InChI=1S/C18H18N4O/c1-2-13-22-16-9-4-3-7-14(16)21-17(22)10-12-20-18(23)15-8-5-6-11-19-15/h2-9,11H,1,10,12-13H2,(H,20,23). The fraction of sp³-hybridized carbons (Fsp3) is 0.167. The summed E-state index contributed by atoms with van der Waals surface area (Å²) in [6, 6.07) is 13.3. The lowest BCUT2D eigenvalue weighted by Gasteiger charge is -2.07. The molecule has 1 amide bonds. The van der Waals surface area contributed by atoms with Crippen LogP contribution in [0.25, 0.3) is 11.0 Å². The maximum Gasteiger partial charge on any atom is 0.269 e. The lowest BCUT2D eigenvalue weighted by Crippen LogP contribution is -2.27. The molecule has 116 valence electrons. The minimum atomic E-state index is -0.169. The number of benzene rings is 1. The Morgan fingerprint density at radius 2 is 2.04 bits per heavy atom. The number of hydrogen-bond acceptors (Lipinski definition) is 3. The molecule has 0 spiro atoms. The summed E-state index contributed by atoms with van der Waals surface area (Å²) in [6.07, 6.45) is 4.11. The molecule has 0 aliphatic heterocycles. The average molecular weight is 306 g/mol. The van der Waals surface area contributed by atoms with Crippen molar-refractivity contribution in [2.45, 2.75) is 13.0 Å². The highest BCUT2D eigenvalue weighted by Gasteiger charge is 2.10. The summed E-state index contributed by atoms with van der Waals surface area (Å²) in [5.74, 6) is 0.768. The van der Waals surface area contributed by atoms with Crippen LogP contribution in [0.15, 0.2) is 61.3 Å². The fourth-order valence-electron chi connectivity index (χ4n) is 2.52. The van der Waals surface area contributed by atoms with E-state index in [9.17, 15) is 4.79 Å². The zero-order valence-electron chi connectivity index (χ0n) is 12.8. The van der Waals surface area contributed by atoms with Gasteiger partial charge in [-0.3, -0.25) is 9.78 Å². The van der Waals surface area contributed by atoms with Gasteiger partial charge in [0.1, 0.15) is 11.5 Å². The first-order valence-corrected chi connectivity index (χ1v) is 7.54. The number of fused-ring (bicyclic) bond motifs is 1. The molecule has 23 heavy (non-hydrogen) atoms. The SMILES string of the molecule is C=CCn1c(CCNC(=O)c2ccccn2)nc2ccccc21. The van der Waals surface area contributed by atoms with Gasteiger partial charge in [-0.05, 0) is 24.3 Å². The third kappa shape index (κ3) is 3.29. The lowest BCUT2D eigenvalue weighted by molar-refractivity contribution is 0.0949. The van der Waals surface area contributed by atoms with Crippen LogP contribution in [0.4, 0.5) is 0 Å². The lowest BCUT2D eigenvalue weighted by atomic mass is 10.3. The number of nitrogens with one attached hydrogen (secondary N) is 1. The maximum atomic E-state index is 12.0. The second-order valence-electron chi connectivity index (χ2n) is 5.14. The summed E-state index contributed by atoms with van der Waals surface area (Å²) in [6.45, 7) is 5.01. The Hall–Kier alpha value is -2.95. The molecule has 1 aromatic carbocycles. The Labute approximate surface area is 134 Å². The Balaban J connectivity index is 1.70. The predicted molar refractivity (Wildman–Crippen MR) is 90.2 cm³/mol. The van der Waals surface area contributed by atoms with Gasteiger partial charge < -0.3 is 9.88 Å². The molecule has 0 radical (unpaired) electrons.